The van der Waals surface area contributed by atoms with Gasteiger partial charge >= 0.3 is 5.97 Å². The first-order chi connectivity index (χ1) is 12.9. The molecule has 27 heavy (non-hydrogen) atoms. The standard InChI is InChI=1S/C17H15Cl2N3O5/c1-26-13-5-3-2-4-11(13)17(25)21-8-15(24)27-9-14(23)22-16-12(19)6-10(18)7-20-16/h2-7H,8-9H2,1H3,(H,21,25)(H,20,22,23). The highest BCUT2D eigenvalue weighted by molar-refractivity contribution is 6.36. The van der Waals surface area contributed by atoms with Gasteiger partial charge in [-0.3, -0.25) is 14.4 Å². The number of halogens is 2. The first-order valence-electron chi connectivity index (χ1n) is 7.58. The van der Waals surface area contributed by atoms with Crippen molar-refractivity contribution in [3.63, 3.8) is 0 Å². The average molecular weight is 412 g/mol. The van der Waals surface area contributed by atoms with E-state index < -0.39 is 30.9 Å². The van der Waals surface area contributed by atoms with Crippen LogP contribution in [0.1, 0.15) is 10.4 Å². The largest absolute Gasteiger partial charge is 0.496 e. The predicted molar refractivity (Wildman–Crippen MR) is 99.2 cm³/mol. The molecule has 0 aliphatic rings. The summed E-state index contributed by atoms with van der Waals surface area (Å²) in [5.41, 5.74) is 0.272. The van der Waals surface area contributed by atoms with Crippen molar-refractivity contribution in [3.8, 4) is 5.75 Å². The summed E-state index contributed by atoms with van der Waals surface area (Å²) in [4.78, 5) is 39.4. The van der Waals surface area contributed by atoms with Crippen molar-refractivity contribution in [1.82, 2.24) is 10.3 Å². The zero-order valence-electron chi connectivity index (χ0n) is 14.1. The number of anilines is 1. The van der Waals surface area contributed by atoms with Gasteiger partial charge in [0.25, 0.3) is 11.8 Å². The topological polar surface area (TPSA) is 107 Å². The second-order valence-corrected chi connectivity index (χ2v) is 5.92. The van der Waals surface area contributed by atoms with Gasteiger partial charge in [-0.05, 0) is 18.2 Å². The summed E-state index contributed by atoms with van der Waals surface area (Å²) in [5.74, 6) is -1.48. The molecule has 1 aromatic carbocycles. The van der Waals surface area contributed by atoms with Gasteiger partial charge < -0.3 is 20.1 Å². The molecule has 0 spiro atoms. The average Bonchev–Trinajstić information content (AvgIpc) is 2.66. The Bertz CT molecular complexity index is 860. The summed E-state index contributed by atoms with van der Waals surface area (Å²) < 4.78 is 9.86. The van der Waals surface area contributed by atoms with Crippen LogP contribution in [0.5, 0.6) is 5.75 Å². The lowest BCUT2D eigenvalue weighted by molar-refractivity contribution is -0.146. The number of hydrogen-bond donors (Lipinski definition) is 2. The second kappa shape index (κ2) is 9.75. The summed E-state index contributed by atoms with van der Waals surface area (Å²) in [6.07, 6.45) is 1.31. The number of methoxy groups -OCH3 is 1. The van der Waals surface area contributed by atoms with Gasteiger partial charge in [-0.1, -0.05) is 35.3 Å². The summed E-state index contributed by atoms with van der Waals surface area (Å²) >= 11 is 11.6. The summed E-state index contributed by atoms with van der Waals surface area (Å²) in [6, 6.07) is 7.95. The molecule has 8 nitrogen and oxygen atoms in total. The molecule has 0 unspecified atom stereocenters. The number of benzene rings is 1. The Kier molecular flexibility index (Phi) is 7.39. The van der Waals surface area contributed by atoms with Gasteiger partial charge in [0.2, 0.25) is 0 Å². The summed E-state index contributed by atoms with van der Waals surface area (Å²) in [6.45, 7) is -0.978. The number of aromatic nitrogens is 1. The van der Waals surface area contributed by atoms with Gasteiger partial charge in [-0.25, -0.2) is 4.98 Å². The molecule has 0 saturated heterocycles. The van der Waals surface area contributed by atoms with Crippen LogP contribution in [0, 0.1) is 0 Å². The van der Waals surface area contributed by atoms with Gasteiger partial charge in [0, 0.05) is 6.20 Å². The third-order valence-corrected chi connectivity index (χ3v) is 3.67. The van der Waals surface area contributed by atoms with Crippen LogP contribution in [0.4, 0.5) is 5.82 Å². The van der Waals surface area contributed by atoms with Crippen molar-refractivity contribution < 1.29 is 23.9 Å². The van der Waals surface area contributed by atoms with Crippen LogP contribution in [0.15, 0.2) is 36.5 Å². The van der Waals surface area contributed by atoms with Crippen molar-refractivity contribution in [3.05, 3.63) is 52.1 Å². The lowest BCUT2D eigenvalue weighted by Crippen LogP contribution is -2.32. The van der Waals surface area contributed by atoms with E-state index in [1.54, 1.807) is 24.3 Å². The highest BCUT2D eigenvalue weighted by atomic mass is 35.5. The lowest BCUT2D eigenvalue weighted by Gasteiger charge is -2.09. The molecule has 2 N–H and O–H groups in total. The Morgan fingerprint density at radius 3 is 2.63 bits per heavy atom. The number of carbonyl (C=O) groups is 3. The predicted octanol–water partition coefficient (Wildman–Crippen LogP) is 2.31. The quantitative estimate of drug-likeness (QED) is 0.676. The number of hydrogen-bond acceptors (Lipinski definition) is 6. The monoisotopic (exact) mass is 411 g/mol. The minimum Gasteiger partial charge on any atom is -0.496 e. The summed E-state index contributed by atoms with van der Waals surface area (Å²) in [5, 5.41) is 5.23. The van der Waals surface area contributed by atoms with Crippen LogP contribution in [-0.4, -0.2) is 43.0 Å². The van der Waals surface area contributed by atoms with E-state index >= 15 is 0 Å². The number of para-hydroxylation sites is 1. The molecule has 0 fully saturated rings. The zero-order valence-corrected chi connectivity index (χ0v) is 15.6. The molecule has 0 saturated carbocycles. The smallest absolute Gasteiger partial charge is 0.325 e. The number of pyridine rings is 1. The Balaban J connectivity index is 1.78. The fourth-order valence-electron chi connectivity index (χ4n) is 1.95. The number of esters is 1. The number of nitrogens with one attached hydrogen (secondary N) is 2. The van der Waals surface area contributed by atoms with E-state index in [2.05, 4.69) is 15.6 Å². The third-order valence-electron chi connectivity index (χ3n) is 3.17. The van der Waals surface area contributed by atoms with Crippen molar-refractivity contribution in [2.75, 3.05) is 25.6 Å². The first-order valence-corrected chi connectivity index (χ1v) is 8.34. The van der Waals surface area contributed by atoms with Gasteiger partial charge in [-0.15, -0.1) is 0 Å². The molecule has 0 atom stereocenters. The fraction of sp³-hybridized carbons (Fsp3) is 0.176. The second-order valence-electron chi connectivity index (χ2n) is 5.08. The number of amides is 2. The minimum atomic E-state index is -0.788. The van der Waals surface area contributed by atoms with Crippen molar-refractivity contribution >= 4 is 46.8 Å². The minimum absolute atomic E-state index is 0.0894. The Morgan fingerprint density at radius 2 is 1.93 bits per heavy atom. The molecule has 1 heterocycles. The Labute approximate surface area is 164 Å². The number of nitrogens with zero attached hydrogens (tertiary/aromatic N) is 1. The SMILES string of the molecule is COc1ccccc1C(=O)NCC(=O)OCC(=O)Nc1ncc(Cl)cc1Cl. The van der Waals surface area contributed by atoms with Crippen LogP contribution in [0.25, 0.3) is 0 Å². The molecule has 0 aliphatic carbocycles. The maximum absolute atomic E-state index is 12.1. The van der Waals surface area contributed by atoms with Crippen LogP contribution in [0.3, 0.4) is 0 Å². The molecule has 0 radical (unpaired) electrons. The molecule has 1 aromatic heterocycles. The molecule has 142 valence electrons. The maximum atomic E-state index is 12.1. The van der Waals surface area contributed by atoms with Gasteiger partial charge in [-0.2, -0.15) is 0 Å². The molecule has 2 aromatic rings. The first kappa shape index (κ1) is 20.5. The molecule has 10 heteroatoms. The van der Waals surface area contributed by atoms with E-state index in [1.165, 1.54) is 19.4 Å². The van der Waals surface area contributed by atoms with Crippen LogP contribution in [0.2, 0.25) is 10.0 Å². The molecule has 2 rings (SSSR count). The van der Waals surface area contributed by atoms with Crippen LogP contribution < -0.4 is 15.4 Å². The lowest BCUT2D eigenvalue weighted by atomic mass is 10.2. The van der Waals surface area contributed by atoms with E-state index in [0.717, 1.165) is 0 Å². The molecular weight excluding hydrogens is 397 g/mol. The van der Waals surface area contributed by atoms with Gasteiger partial charge in [0.1, 0.15) is 12.3 Å². The Hall–Kier alpha value is -2.84. The van der Waals surface area contributed by atoms with Crippen molar-refractivity contribution in [1.29, 1.82) is 0 Å². The number of rotatable bonds is 7. The number of ether oxygens (including phenoxy) is 2. The van der Waals surface area contributed by atoms with Gasteiger partial charge in [0.15, 0.2) is 12.4 Å². The molecular formula is C17H15Cl2N3O5. The van der Waals surface area contributed by atoms with E-state index in [0.29, 0.717) is 10.8 Å². The van der Waals surface area contributed by atoms with Crippen molar-refractivity contribution in [2.24, 2.45) is 0 Å². The van der Waals surface area contributed by atoms with Crippen LogP contribution in [-0.2, 0) is 14.3 Å². The van der Waals surface area contributed by atoms with Crippen molar-refractivity contribution in [2.45, 2.75) is 0 Å². The molecule has 2 amide bonds. The van der Waals surface area contributed by atoms with Gasteiger partial charge in [0.05, 0.1) is 22.7 Å². The maximum Gasteiger partial charge on any atom is 0.325 e. The van der Waals surface area contributed by atoms with E-state index in [9.17, 15) is 14.4 Å². The molecule has 0 bridgehead atoms. The summed E-state index contributed by atoms with van der Waals surface area (Å²) in [7, 11) is 1.43. The highest BCUT2D eigenvalue weighted by Gasteiger charge is 2.14. The van der Waals surface area contributed by atoms with E-state index in [4.69, 9.17) is 32.7 Å². The molecule has 0 aliphatic heterocycles. The van der Waals surface area contributed by atoms with E-state index in [1.807, 2.05) is 0 Å². The Morgan fingerprint density at radius 1 is 1.19 bits per heavy atom. The fourth-order valence-corrected chi connectivity index (χ4v) is 2.38. The highest BCUT2D eigenvalue weighted by Crippen LogP contribution is 2.22. The van der Waals surface area contributed by atoms with Crippen LogP contribution >= 0.6 is 23.2 Å². The number of carbonyl (C=O) groups excluding carboxylic acids is 3. The third kappa shape index (κ3) is 6.12. The zero-order chi connectivity index (χ0) is 19.8. The van der Waals surface area contributed by atoms with E-state index in [-0.39, 0.29) is 16.4 Å². The normalized spacial score (nSPS) is 10.0.